The van der Waals surface area contributed by atoms with Gasteiger partial charge in [0.2, 0.25) is 10.9 Å². The second kappa shape index (κ2) is 7.33. The molecule has 0 spiro atoms. The molecule has 0 N–H and O–H groups in total. The predicted octanol–water partition coefficient (Wildman–Crippen LogP) is 3.27. The van der Waals surface area contributed by atoms with Crippen LogP contribution in [0.3, 0.4) is 0 Å². The van der Waals surface area contributed by atoms with Crippen LogP contribution >= 0.6 is 22.7 Å². The van der Waals surface area contributed by atoms with Gasteiger partial charge < -0.3 is 0 Å². The lowest BCUT2D eigenvalue weighted by Crippen LogP contribution is -2.30. The Morgan fingerprint density at radius 1 is 1.18 bits per heavy atom. The van der Waals surface area contributed by atoms with Gasteiger partial charge in [-0.05, 0) is 23.1 Å². The Morgan fingerprint density at radius 3 is 2.61 bits per heavy atom. The molecule has 3 aromatic rings. The van der Waals surface area contributed by atoms with Gasteiger partial charge in [0, 0.05) is 18.3 Å². The molecule has 1 saturated heterocycles. The second-order valence-electron chi connectivity index (χ2n) is 6.67. The smallest absolute Gasteiger partial charge is 0.292 e. The zero-order valence-electron chi connectivity index (χ0n) is 15.1. The molecule has 9 heteroatoms. The zero-order valence-corrected chi connectivity index (χ0v) is 16.7. The van der Waals surface area contributed by atoms with Crippen molar-refractivity contribution < 1.29 is 14.4 Å². The molecule has 4 heterocycles. The molecular formula is C19H16N4O3S2. The number of thiophene rings is 1. The van der Waals surface area contributed by atoms with Gasteiger partial charge in [0.05, 0.1) is 10.9 Å². The first-order valence-electron chi connectivity index (χ1n) is 8.67. The van der Waals surface area contributed by atoms with E-state index >= 15 is 0 Å². The second-order valence-corrected chi connectivity index (χ2v) is 8.60. The monoisotopic (exact) mass is 412 g/mol. The Labute approximate surface area is 169 Å². The fraction of sp³-hybridized carbons (Fsp3) is 0.263. The highest BCUT2D eigenvalue weighted by Gasteiger charge is 2.53. The molecule has 4 rings (SSSR count). The van der Waals surface area contributed by atoms with Gasteiger partial charge in [0.1, 0.15) is 10.9 Å². The molecule has 1 aliphatic rings. The first kappa shape index (κ1) is 18.6. The molecule has 0 bridgehead atoms. The Balaban J connectivity index is 1.83. The maximum atomic E-state index is 13.1. The minimum absolute atomic E-state index is 0.139. The van der Waals surface area contributed by atoms with Crippen molar-refractivity contribution in [3.63, 3.8) is 0 Å². The van der Waals surface area contributed by atoms with E-state index in [4.69, 9.17) is 0 Å². The van der Waals surface area contributed by atoms with Gasteiger partial charge in [-0.2, -0.15) is 0 Å². The number of carbonyl (C=O) groups excluding carboxylic acids is 3. The summed E-state index contributed by atoms with van der Waals surface area (Å²) in [6.45, 7) is 3.95. The van der Waals surface area contributed by atoms with Gasteiger partial charge in [0.25, 0.3) is 5.91 Å². The lowest BCUT2D eigenvalue weighted by molar-refractivity contribution is -0.135. The van der Waals surface area contributed by atoms with Crippen LogP contribution < -0.4 is 4.90 Å². The van der Waals surface area contributed by atoms with Crippen LogP contribution in [0.25, 0.3) is 0 Å². The summed E-state index contributed by atoms with van der Waals surface area (Å²) in [5.74, 6) is -2.83. The molecule has 142 valence electrons. The van der Waals surface area contributed by atoms with Crippen LogP contribution in [0.1, 0.15) is 46.0 Å². The molecule has 0 aromatic carbocycles. The third-order valence-corrected chi connectivity index (χ3v) is 6.62. The summed E-state index contributed by atoms with van der Waals surface area (Å²) in [7, 11) is 0. The number of amides is 1. The van der Waals surface area contributed by atoms with Crippen LogP contribution in [-0.4, -0.2) is 32.7 Å². The van der Waals surface area contributed by atoms with Crippen molar-refractivity contribution in [1.29, 1.82) is 0 Å². The van der Waals surface area contributed by atoms with Crippen LogP contribution in [0.4, 0.5) is 5.13 Å². The number of carbonyl (C=O) groups is 3. The zero-order chi connectivity index (χ0) is 19.8. The molecule has 1 amide bonds. The number of nitrogens with zero attached hydrogens (tertiary/aromatic N) is 4. The van der Waals surface area contributed by atoms with E-state index in [0.29, 0.717) is 15.6 Å². The summed E-state index contributed by atoms with van der Waals surface area (Å²) in [6.07, 6.45) is 3.17. The summed E-state index contributed by atoms with van der Waals surface area (Å²) >= 11 is 2.51. The van der Waals surface area contributed by atoms with E-state index in [1.807, 2.05) is 13.8 Å². The molecule has 1 aliphatic heterocycles. The van der Waals surface area contributed by atoms with Gasteiger partial charge in [-0.15, -0.1) is 21.5 Å². The molecule has 1 fully saturated rings. The fourth-order valence-electron chi connectivity index (χ4n) is 3.16. The minimum Gasteiger partial charge on any atom is -0.292 e. The summed E-state index contributed by atoms with van der Waals surface area (Å²) in [4.78, 5) is 44.7. The number of Topliss-reactive ketones (excluding diaryl/α,β-unsaturated/α-hetero) is 2. The number of hydrogen-bond acceptors (Lipinski definition) is 8. The number of anilines is 1. The van der Waals surface area contributed by atoms with Gasteiger partial charge in [-0.3, -0.25) is 24.3 Å². The number of rotatable bonds is 5. The fourth-order valence-corrected chi connectivity index (χ4v) is 4.75. The summed E-state index contributed by atoms with van der Waals surface area (Å²) in [6, 6.07) is 6.09. The lowest BCUT2D eigenvalue weighted by atomic mass is 9.89. The molecular weight excluding hydrogens is 396 g/mol. The molecule has 0 radical (unpaired) electrons. The summed E-state index contributed by atoms with van der Waals surface area (Å²) in [5.41, 5.74) is 0.609. The number of ketones is 2. The highest BCUT2D eigenvalue weighted by Crippen LogP contribution is 2.42. The average molecular weight is 412 g/mol. The van der Waals surface area contributed by atoms with Crippen molar-refractivity contribution in [2.45, 2.75) is 25.8 Å². The van der Waals surface area contributed by atoms with E-state index in [1.54, 1.807) is 42.0 Å². The summed E-state index contributed by atoms with van der Waals surface area (Å²) in [5, 5.41) is 11.1. The van der Waals surface area contributed by atoms with Crippen molar-refractivity contribution in [2.24, 2.45) is 5.92 Å². The lowest BCUT2D eigenvalue weighted by Gasteiger charge is -2.24. The molecule has 0 saturated carbocycles. The van der Waals surface area contributed by atoms with Crippen LogP contribution in [0.15, 0.2) is 42.0 Å². The molecule has 28 heavy (non-hydrogen) atoms. The van der Waals surface area contributed by atoms with Crippen molar-refractivity contribution in [2.75, 3.05) is 4.90 Å². The van der Waals surface area contributed by atoms with E-state index < -0.39 is 23.7 Å². The number of hydrogen-bond donors (Lipinski definition) is 0. The predicted molar refractivity (Wildman–Crippen MR) is 106 cm³/mol. The third-order valence-electron chi connectivity index (χ3n) is 4.51. The van der Waals surface area contributed by atoms with Crippen molar-refractivity contribution in [3.8, 4) is 0 Å². The Morgan fingerprint density at radius 2 is 2.00 bits per heavy atom. The maximum Gasteiger partial charge on any atom is 0.297 e. The Bertz CT molecular complexity index is 1030. The molecule has 0 aliphatic carbocycles. The van der Waals surface area contributed by atoms with Crippen molar-refractivity contribution in [3.05, 3.63) is 57.5 Å². The van der Waals surface area contributed by atoms with Crippen LogP contribution in [0.2, 0.25) is 0 Å². The third kappa shape index (κ3) is 3.06. The van der Waals surface area contributed by atoms with Crippen LogP contribution in [0.5, 0.6) is 0 Å². The number of aromatic nitrogens is 3. The maximum absolute atomic E-state index is 13.1. The molecule has 2 atom stereocenters. The normalized spacial score (nSPS) is 19.6. The SMILES string of the molecule is CC(C)c1nnc(N2C(=O)C(=O)C(C(=O)c3cccs3)C2c2cccnc2)s1. The minimum atomic E-state index is -1.14. The molecule has 2 unspecified atom stereocenters. The largest absolute Gasteiger partial charge is 0.297 e. The Hall–Kier alpha value is -2.78. The van der Waals surface area contributed by atoms with E-state index in [0.717, 1.165) is 5.01 Å². The first-order chi connectivity index (χ1) is 13.5. The first-order valence-corrected chi connectivity index (χ1v) is 10.4. The van der Waals surface area contributed by atoms with Crippen LogP contribution in [0, 0.1) is 5.92 Å². The van der Waals surface area contributed by atoms with E-state index in [1.165, 1.54) is 27.6 Å². The van der Waals surface area contributed by atoms with Gasteiger partial charge in [-0.1, -0.05) is 37.3 Å². The van der Waals surface area contributed by atoms with E-state index in [9.17, 15) is 14.4 Å². The molecule has 7 nitrogen and oxygen atoms in total. The van der Waals surface area contributed by atoms with E-state index in [-0.39, 0.29) is 11.7 Å². The van der Waals surface area contributed by atoms with Gasteiger partial charge in [0.15, 0.2) is 5.78 Å². The van der Waals surface area contributed by atoms with E-state index in [2.05, 4.69) is 15.2 Å². The quantitative estimate of drug-likeness (QED) is 0.363. The van der Waals surface area contributed by atoms with Crippen LogP contribution in [-0.2, 0) is 9.59 Å². The Kier molecular flexibility index (Phi) is 4.86. The molecule has 3 aromatic heterocycles. The highest BCUT2D eigenvalue weighted by molar-refractivity contribution is 7.15. The highest BCUT2D eigenvalue weighted by atomic mass is 32.1. The van der Waals surface area contributed by atoms with Crippen molar-refractivity contribution >= 4 is 45.3 Å². The number of pyridine rings is 1. The van der Waals surface area contributed by atoms with Gasteiger partial charge in [-0.25, -0.2) is 0 Å². The van der Waals surface area contributed by atoms with Crippen molar-refractivity contribution in [1.82, 2.24) is 15.2 Å². The standard InChI is InChI=1S/C19H16N4O3S2/c1-10(2)17-21-22-19(28-17)23-14(11-5-3-7-20-9-11)13(16(25)18(23)26)15(24)12-6-4-8-27-12/h3-10,13-14H,1-2H3. The topological polar surface area (TPSA) is 93.1 Å². The average Bonchev–Trinajstić information content (AvgIpc) is 3.43. The summed E-state index contributed by atoms with van der Waals surface area (Å²) < 4.78 is 0. The van der Waals surface area contributed by atoms with Gasteiger partial charge >= 0.3 is 0 Å².